The van der Waals surface area contributed by atoms with Gasteiger partial charge >= 0.3 is 5.97 Å². The number of nitrogens with one attached hydrogen (secondary N) is 2. The minimum absolute atomic E-state index is 0.00261. The lowest BCUT2D eigenvalue weighted by Crippen LogP contribution is -2.17. The molecule has 1 amide bonds. The lowest BCUT2D eigenvalue weighted by atomic mass is 10.1. The van der Waals surface area contributed by atoms with E-state index in [0.717, 1.165) is 11.3 Å². The van der Waals surface area contributed by atoms with Gasteiger partial charge in [0.15, 0.2) is 5.65 Å². The predicted octanol–water partition coefficient (Wildman–Crippen LogP) is 2.24. The zero-order chi connectivity index (χ0) is 21.3. The van der Waals surface area contributed by atoms with E-state index in [1.807, 2.05) is 6.07 Å². The van der Waals surface area contributed by atoms with Crippen molar-refractivity contribution in [2.24, 2.45) is 0 Å². The van der Waals surface area contributed by atoms with Crippen LogP contribution < -0.4 is 10.9 Å². The van der Waals surface area contributed by atoms with Crippen molar-refractivity contribution in [3.63, 3.8) is 0 Å². The average Bonchev–Trinajstić information content (AvgIpc) is 3.18. The molecule has 0 aliphatic carbocycles. The van der Waals surface area contributed by atoms with Crippen molar-refractivity contribution in [3.8, 4) is 6.07 Å². The number of carbonyl (C=O) groups excluding carboxylic acids is 2. The van der Waals surface area contributed by atoms with Crippen LogP contribution in [0, 0.1) is 32.1 Å². The van der Waals surface area contributed by atoms with Crippen LogP contribution in [0.5, 0.6) is 0 Å². The number of hydrogen-bond acceptors (Lipinski definition) is 7. The fraction of sp³-hybridized carbons (Fsp3) is 0.316. The third-order valence-electron chi connectivity index (χ3n) is 4.51. The second-order valence-electron chi connectivity index (χ2n) is 6.39. The average molecular weight is 413 g/mol. The van der Waals surface area contributed by atoms with Gasteiger partial charge in [-0.15, -0.1) is 11.3 Å². The van der Waals surface area contributed by atoms with Crippen molar-refractivity contribution in [2.75, 3.05) is 11.9 Å². The molecule has 0 saturated carbocycles. The van der Waals surface area contributed by atoms with Gasteiger partial charge in [0.1, 0.15) is 15.9 Å². The molecule has 0 aliphatic heterocycles. The Labute approximate surface area is 169 Å². The van der Waals surface area contributed by atoms with E-state index in [9.17, 15) is 19.6 Å². The molecule has 3 heterocycles. The van der Waals surface area contributed by atoms with Crippen LogP contribution in [0.3, 0.4) is 0 Å². The summed E-state index contributed by atoms with van der Waals surface area (Å²) in [6.45, 7) is 7.11. The highest BCUT2D eigenvalue weighted by molar-refractivity contribution is 7.18. The summed E-state index contributed by atoms with van der Waals surface area (Å²) < 4.78 is 6.54. The molecule has 10 heteroatoms. The number of hydrogen-bond donors (Lipinski definition) is 2. The number of anilines is 1. The van der Waals surface area contributed by atoms with E-state index in [2.05, 4.69) is 15.4 Å². The van der Waals surface area contributed by atoms with E-state index in [0.29, 0.717) is 38.0 Å². The maximum absolute atomic E-state index is 12.7. The molecule has 150 valence electrons. The number of nitrogens with zero attached hydrogens (tertiary/aromatic N) is 3. The van der Waals surface area contributed by atoms with Crippen LogP contribution in [0.25, 0.3) is 5.65 Å². The molecule has 3 aromatic rings. The summed E-state index contributed by atoms with van der Waals surface area (Å²) in [4.78, 5) is 41.0. The summed E-state index contributed by atoms with van der Waals surface area (Å²) in [5.74, 6) is -0.884. The molecule has 0 bridgehead atoms. The molecule has 29 heavy (non-hydrogen) atoms. The molecule has 0 unspecified atom stereocenters. The Morgan fingerprint density at radius 3 is 2.76 bits per heavy atom. The molecule has 0 fully saturated rings. The molecule has 0 saturated heterocycles. The number of aromatic nitrogens is 3. The highest BCUT2D eigenvalue weighted by atomic mass is 32.1. The molecule has 0 spiro atoms. The van der Waals surface area contributed by atoms with Crippen LogP contribution in [0.4, 0.5) is 5.00 Å². The van der Waals surface area contributed by atoms with Gasteiger partial charge in [-0.2, -0.15) is 5.26 Å². The van der Waals surface area contributed by atoms with Crippen LogP contribution in [-0.2, 0) is 16.0 Å². The Kier molecular flexibility index (Phi) is 5.52. The van der Waals surface area contributed by atoms with E-state index < -0.39 is 5.97 Å². The molecule has 2 N–H and O–H groups in total. The van der Waals surface area contributed by atoms with Crippen LogP contribution >= 0.6 is 11.3 Å². The first-order valence-corrected chi connectivity index (χ1v) is 9.66. The fourth-order valence-corrected chi connectivity index (χ4v) is 4.14. The van der Waals surface area contributed by atoms with Crippen molar-refractivity contribution < 1.29 is 14.3 Å². The second-order valence-corrected chi connectivity index (χ2v) is 7.41. The minimum atomic E-state index is -0.523. The number of amides is 1. The van der Waals surface area contributed by atoms with E-state index in [1.54, 1.807) is 27.7 Å². The second kappa shape index (κ2) is 7.89. The first kappa shape index (κ1) is 20.3. The molecule has 0 aliphatic rings. The number of esters is 1. The molecule has 0 aromatic carbocycles. The van der Waals surface area contributed by atoms with Crippen molar-refractivity contribution in [1.29, 1.82) is 5.26 Å². The van der Waals surface area contributed by atoms with Gasteiger partial charge in [-0.3, -0.25) is 14.7 Å². The molecular weight excluding hydrogens is 394 g/mol. The Morgan fingerprint density at radius 2 is 2.10 bits per heavy atom. The molecular formula is C19H19N5O4S. The first-order valence-electron chi connectivity index (χ1n) is 8.85. The Hall–Kier alpha value is -3.45. The highest BCUT2D eigenvalue weighted by Gasteiger charge is 2.23. The Bertz CT molecular complexity index is 1230. The molecule has 0 radical (unpaired) electrons. The van der Waals surface area contributed by atoms with Gasteiger partial charge in [-0.1, -0.05) is 0 Å². The van der Waals surface area contributed by atoms with Gasteiger partial charge < -0.3 is 10.1 Å². The quantitative estimate of drug-likeness (QED) is 0.617. The van der Waals surface area contributed by atoms with Crippen LogP contribution in [-0.4, -0.2) is 33.1 Å². The Morgan fingerprint density at radius 1 is 1.38 bits per heavy atom. The smallest absolute Gasteiger partial charge is 0.348 e. The number of thiophene rings is 1. The third-order valence-corrected chi connectivity index (χ3v) is 5.70. The number of aryl methyl sites for hydroxylation is 2. The molecule has 3 aromatic heterocycles. The standard InChI is InChI=1S/C19H19N5O4S/c1-5-28-19(27)17-9(2)13(8-20)18(29-17)22-15(25)6-12-10(3)21-14-7-16(26)23-24(14)11(12)4/h7H,5-6H2,1-4H3,(H,22,25)(H,23,26). The summed E-state index contributed by atoms with van der Waals surface area (Å²) in [6.07, 6.45) is -0.00261. The lowest BCUT2D eigenvalue weighted by molar-refractivity contribution is -0.115. The van der Waals surface area contributed by atoms with Gasteiger partial charge in [-0.25, -0.2) is 14.3 Å². The number of carbonyl (C=O) groups is 2. The van der Waals surface area contributed by atoms with E-state index >= 15 is 0 Å². The zero-order valence-corrected chi connectivity index (χ0v) is 17.2. The molecule has 3 rings (SSSR count). The summed E-state index contributed by atoms with van der Waals surface area (Å²) in [6, 6.07) is 3.42. The summed E-state index contributed by atoms with van der Waals surface area (Å²) >= 11 is 1.01. The van der Waals surface area contributed by atoms with Gasteiger partial charge in [0.05, 0.1) is 18.6 Å². The first-order chi connectivity index (χ1) is 13.8. The van der Waals surface area contributed by atoms with Crippen LogP contribution in [0.2, 0.25) is 0 Å². The number of nitriles is 1. The van der Waals surface area contributed by atoms with Crippen LogP contribution in [0.1, 0.15) is 44.7 Å². The number of rotatable bonds is 5. The summed E-state index contributed by atoms with van der Waals surface area (Å²) in [5.41, 5.74) is 2.91. The van der Waals surface area contributed by atoms with Crippen molar-refractivity contribution in [3.05, 3.63) is 49.4 Å². The number of ether oxygens (including phenoxy) is 1. The molecule has 0 atom stereocenters. The zero-order valence-electron chi connectivity index (χ0n) is 16.4. The fourth-order valence-electron chi connectivity index (χ4n) is 3.07. The van der Waals surface area contributed by atoms with Gasteiger partial charge in [0.25, 0.3) is 5.56 Å². The predicted molar refractivity (Wildman–Crippen MR) is 107 cm³/mol. The monoisotopic (exact) mass is 413 g/mol. The summed E-state index contributed by atoms with van der Waals surface area (Å²) in [7, 11) is 0. The van der Waals surface area contributed by atoms with E-state index in [4.69, 9.17) is 4.74 Å². The van der Waals surface area contributed by atoms with Crippen molar-refractivity contribution in [2.45, 2.75) is 34.1 Å². The molecule has 9 nitrogen and oxygen atoms in total. The topological polar surface area (TPSA) is 129 Å². The van der Waals surface area contributed by atoms with Gasteiger partial charge in [-0.05, 0) is 33.3 Å². The van der Waals surface area contributed by atoms with Gasteiger partial charge in [0, 0.05) is 23.0 Å². The SMILES string of the molecule is CCOC(=O)c1sc(NC(=O)Cc2c(C)nc3cc(=O)[nH]n3c2C)c(C#N)c1C. The maximum atomic E-state index is 12.7. The van der Waals surface area contributed by atoms with E-state index in [1.165, 1.54) is 10.6 Å². The lowest BCUT2D eigenvalue weighted by Gasteiger charge is -2.11. The normalized spacial score (nSPS) is 10.7. The number of aromatic amines is 1. The third kappa shape index (κ3) is 3.77. The summed E-state index contributed by atoms with van der Waals surface area (Å²) in [5, 5.41) is 15.1. The number of fused-ring (bicyclic) bond motifs is 1. The minimum Gasteiger partial charge on any atom is -0.462 e. The maximum Gasteiger partial charge on any atom is 0.348 e. The van der Waals surface area contributed by atoms with Crippen LogP contribution in [0.15, 0.2) is 10.9 Å². The van der Waals surface area contributed by atoms with E-state index in [-0.39, 0.29) is 30.1 Å². The largest absolute Gasteiger partial charge is 0.462 e. The van der Waals surface area contributed by atoms with Gasteiger partial charge in [0.2, 0.25) is 5.91 Å². The van der Waals surface area contributed by atoms with Crippen molar-refractivity contribution in [1.82, 2.24) is 14.6 Å². The number of H-pyrrole nitrogens is 1. The Balaban J connectivity index is 1.89. The highest BCUT2D eigenvalue weighted by Crippen LogP contribution is 2.33. The van der Waals surface area contributed by atoms with Crippen molar-refractivity contribution >= 4 is 33.9 Å².